The lowest BCUT2D eigenvalue weighted by Crippen LogP contribution is -2.19. The number of nitrogens with two attached hydrogens (primary N) is 1. The molecule has 0 bridgehead atoms. The first-order valence-electron chi connectivity index (χ1n) is 6.21. The van der Waals surface area contributed by atoms with Gasteiger partial charge in [0.1, 0.15) is 11.6 Å². The van der Waals surface area contributed by atoms with Crippen molar-refractivity contribution < 1.29 is 13.2 Å². The third kappa shape index (κ3) is 3.99. The van der Waals surface area contributed by atoms with E-state index in [4.69, 9.17) is 5.84 Å². The minimum Gasteiger partial charge on any atom is -0.368 e. The standard InChI is InChI=1S/C12H17F3N4/c1-7(4-8-2-3-8)17-10-5-9(12(13,14)15)6-11(18-10)19-16/h5-8H,2-4,16H2,1H3,(H2,17,18,19). The van der Waals surface area contributed by atoms with Crippen molar-refractivity contribution in [3.05, 3.63) is 17.7 Å². The maximum atomic E-state index is 12.7. The van der Waals surface area contributed by atoms with Gasteiger partial charge in [0.2, 0.25) is 0 Å². The quantitative estimate of drug-likeness (QED) is 0.570. The molecule has 1 aliphatic rings. The summed E-state index contributed by atoms with van der Waals surface area (Å²) in [6.07, 6.45) is -1.05. The highest BCUT2D eigenvalue weighted by Crippen LogP contribution is 2.35. The third-order valence-electron chi connectivity index (χ3n) is 3.08. The van der Waals surface area contributed by atoms with Crippen molar-refractivity contribution in [2.24, 2.45) is 11.8 Å². The fraction of sp³-hybridized carbons (Fsp3) is 0.583. The molecule has 0 saturated heterocycles. The van der Waals surface area contributed by atoms with Gasteiger partial charge in [0.15, 0.2) is 0 Å². The average molecular weight is 274 g/mol. The van der Waals surface area contributed by atoms with Gasteiger partial charge in [-0.1, -0.05) is 12.8 Å². The van der Waals surface area contributed by atoms with Gasteiger partial charge in [0, 0.05) is 6.04 Å². The summed E-state index contributed by atoms with van der Waals surface area (Å²) in [4.78, 5) is 3.99. The molecule has 0 amide bonds. The van der Waals surface area contributed by atoms with E-state index in [0.29, 0.717) is 5.92 Å². The fourth-order valence-electron chi connectivity index (χ4n) is 2.01. The summed E-state index contributed by atoms with van der Waals surface area (Å²) in [5, 5.41) is 2.99. The summed E-state index contributed by atoms with van der Waals surface area (Å²) in [7, 11) is 0. The molecule has 0 aromatic carbocycles. The summed E-state index contributed by atoms with van der Waals surface area (Å²) >= 11 is 0. The Morgan fingerprint density at radius 3 is 2.53 bits per heavy atom. The smallest absolute Gasteiger partial charge is 0.368 e. The summed E-state index contributed by atoms with van der Waals surface area (Å²) in [5.41, 5.74) is 1.39. The zero-order valence-corrected chi connectivity index (χ0v) is 10.6. The van der Waals surface area contributed by atoms with Crippen molar-refractivity contribution in [2.45, 2.75) is 38.4 Å². The number of hydrogen-bond donors (Lipinski definition) is 3. The lowest BCUT2D eigenvalue weighted by atomic mass is 10.1. The summed E-state index contributed by atoms with van der Waals surface area (Å²) in [6, 6.07) is 1.98. The van der Waals surface area contributed by atoms with Gasteiger partial charge < -0.3 is 10.7 Å². The second kappa shape index (κ2) is 5.24. The second-order valence-corrected chi connectivity index (χ2v) is 4.99. The Bertz CT molecular complexity index is 443. The van der Waals surface area contributed by atoms with Crippen LogP contribution in [0.15, 0.2) is 12.1 Å². The highest BCUT2D eigenvalue weighted by Gasteiger charge is 2.32. The van der Waals surface area contributed by atoms with Crippen LogP contribution in [0.4, 0.5) is 24.8 Å². The van der Waals surface area contributed by atoms with Crippen molar-refractivity contribution in [1.29, 1.82) is 0 Å². The Morgan fingerprint density at radius 2 is 2.00 bits per heavy atom. The second-order valence-electron chi connectivity index (χ2n) is 4.99. The number of hydrogen-bond acceptors (Lipinski definition) is 4. The minimum absolute atomic E-state index is 0.00375. The van der Waals surface area contributed by atoms with Crippen LogP contribution in [0, 0.1) is 5.92 Å². The molecular formula is C12H17F3N4. The molecule has 1 aromatic rings. The number of alkyl halides is 3. The molecule has 0 spiro atoms. The predicted octanol–water partition coefficient (Wildman–Crippen LogP) is 2.99. The topological polar surface area (TPSA) is 63.0 Å². The molecule has 2 rings (SSSR count). The van der Waals surface area contributed by atoms with Crippen LogP contribution >= 0.6 is 0 Å². The van der Waals surface area contributed by atoms with Crippen molar-refractivity contribution >= 4 is 11.6 Å². The van der Waals surface area contributed by atoms with Crippen LogP contribution in [0.3, 0.4) is 0 Å². The monoisotopic (exact) mass is 274 g/mol. The highest BCUT2D eigenvalue weighted by molar-refractivity contribution is 5.49. The zero-order chi connectivity index (χ0) is 14.0. The molecule has 0 aliphatic heterocycles. The van der Waals surface area contributed by atoms with E-state index in [0.717, 1.165) is 18.6 Å². The number of nitrogen functional groups attached to an aromatic ring is 1. The van der Waals surface area contributed by atoms with Crippen LogP contribution < -0.4 is 16.6 Å². The maximum absolute atomic E-state index is 12.7. The average Bonchev–Trinajstić information content (AvgIpc) is 3.11. The normalized spacial score (nSPS) is 17.1. The number of halogens is 3. The Balaban J connectivity index is 2.13. The van der Waals surface area contributed by atoms with Gasteiger partial charge >= 0.3 is 6.18 Å². The van der Waals surface area contributed by atoms with Crippen LogP contribution in [0.25, 0.3) is 0 Å². The molecule has 1 fully saturated rings. The van der Waals surface area contributed by atoms with Crippen LogP contribution in [-0.2, 0) is 6.18 Å². The number of rotatable bonds is 5. The molecule has 0 radical (unpaired) electrons. The number of hydrazine groups is 1. The van der Waals surface area contributed by atoms with Gasteiger partial charge in [-0.05, 0) is 31.4 Å². The van der Waals surface area contributed by atoms with E-state index in [1.807, 2.05) is 6.92 Å². The maximum Gasteiger partial charge on any atom is 0.416 e. The van der Waals surface area contributed by atoms with E-state index in [2.05, 4.69) is 15.7 Å². The van der Waals surface area contributed by atoms with Gasteiger partial charge in [-0.15, -0.1) is 0 Å². The molecule has 106 valence electrons. The van der Waals surface area contributed by atoms with Crippen molar-refractivity contribution in [3.63, 3.8) is 0 Å². The molecule has 1 heterocycles. The van der Waals surface area contributed by atoms with E-state index >= 15 is 0 Å². The first kappa shape index (κ1) is 13.9. The Labute approximate surface area is 109 Å². The molecule has 7 heteroatoms. The van der Waals surface area contributed by atoms with Gasteiger partial charge in [0.05, 0.1) is 5.56 Å². The van der Waals surface area contributed by atoms with Crippen molar-refractivity contribution in [3.8, 4) is 0 Å². The van der Waals surface area contributed by atoms with E-state index in [1.54, 1.807) is 0 Å². The van der Waals surface area contributed by atoms with Crippen LogP contribution in [0.5, 0.6) is 0 Å². The van der Waals surface area contributed by atoms with Crippen molar-refractivity contribution in [2.75, 3.05) is 10.7 Å². The van der Waals surface area contributed by atoms with E-state index < -0.39 is 11.7 Å². The van der Waals surface area contributed by atoms with Gasteiger partial charge in [-0.3, -0.25) is 0 Å². The molecule has 19 heavy (non-hydrogen) atoms. The Hall–Kier alpha value is -1.50. The number of nitrogens with zero attached hydrogens (tertiary/aromatic N) is 1. The molecule has 1 aromatic heterocycles. The van der Waals surface area contributed by atoms with Gasteiger partial charge in [-0.25, -0.2) is 10.8 Å². The molecule has 4 N–H and O–H groups in total. The minimum atomic E-state index is -4.41. The number of nitrogens with one attached hydrogen (secondary N) is 2. The van der Waals surface area contributed by atoms with E-state index in [9.17, 15) is 13.2 Å². The largest absolute Gasteiger partial charge is 0.416 e. The van der Waals surface area contributed by atoms with Crippen LogP contribution in [0.2, 0.25) is 0 Å². The van der Waals surface area contributed by atoms with Gasteiger partial charge in [-0.2, -0.15) is 13.2 Å². The number of anilines is 2. The molecule has 1 unspecified atom stereocenters. The van der Waals surface area contributed by atoms with Crippen LogP contribution in [-0.4, -0.2) is 11.0 Å². The first-order chi connectivity index (χ1) is 8.88. The molecular weight excluding hydrogens is 257 g/mol. The number of pyridine rings is 1. The van der Waals surface area contributed by atoms with Crippen LogP contribution in [0.1, 0.15) is 31.7 Å². The summed E-state index contributed by atoms with van der Waals surface area (Å²) < 4.78 is 38.2. The fourth-order valence-corrected chi connectivity index (χ4v) is 2.01. The predicted molar refractivity (Wildman–Crippen MR) is 67.5 cm³/mol. The molecule has 1 aliphatic carbocycles. The van der Waals surface area contributed by atoms with Crippen molar-refractivity contribution in [1.82, 2.24) is 4.98 Å². The van der Waals surface area contributed by atoms with Gasteiger partial charge in [0.25, 0.3) is 0 Å². The lowest BCUT2D eigenvalue weighted by Gasteiger charge is -2.16. The molecule has 4 nitrogen and oxygen atoms in total. The molecule has 1 saturated carbocycles. The number of aromatic nitrogens is 1. The first-order valence-corrected chi connectivity index (χ1v) is 6.21. The Morgan fingerprint density at radius 1 is 1.37 bits per heavy atom. The third-order valence-corrected chi connectivity index (χ3v) is 3.08. The highest BCUT2D eigenvalue weighted by atomic mass is 19.4. The van der Waals surface area contributed by atoms with E-state index in [1.165, 1.54) is 12.8 Å². The van der Waals surface area contributed by atoms with E-state index in [-0.39, 0.29) is 17.7 Å². The Kier molecular flexibility index (Phi) is 3.84. The lowest BCUT2D eigenvalue weighted by molar-refractivity contribution is -0.137. The summed E-state index contributed by atoms with van der Waals surface area (Å²) in [6.45, 7) is 1.94. The SMILES string of the molecule is CC(CC1CC1)Nc1cc(C(F)(F)F)cc(NN)n1. The summed E-state index contributed by atoms with van der Waals surface area (Å²) in [5.74, 6) is 6.03. The molecule has 1 atom stereocenters. The zero-order valence-electron chi connectivity index (χ0n) is 10.6.